The number of carbonyl (C=O) groups excluding carboxylic acids is 2. The van der Waals surface area contributed by atoms with Gasteiger partial charge in [0, 0.05) is 21.9 Å². The smallest absolute Gasteiger partial charge is 0.244 e. The number of thiophene rings is 1. The number of hydrogen-bond donors (Lipinski definition) is 2. The lowest BCUT2D eigenvalue weighted by Crippen LogP contribution is -2.52. The van der Waals surface area contributed by atoms with Crippen molar-refractivity contribution >= 4 is 43.3 Å². The van der Waals surface area contributed by atoms with Crippen LogP contribution in [-0.4, -0.2) is 26.3 Å². The fourth-order valence-electron chi connectivity index (χ4n) is 2.24. The Bertz CT molecular complexity index is 875. The molecule has 0 unspecified atom stereocenters. The Morgan fingerprint density at radius 2 is 2.09 bits per heavy atom. The first-order valence-electron chi connectivity index (χ1n) is 6.39. The van der Waals surface area contributed by atoms with Crippen molar-refractivity contribution in [2.75, 3.05) is 0 Å². The van der Waals surface area contributed by atoms with Gasteiger partial charge in [-0.2, -0.15) is 4.72 Å². The molecule has 1 aromatic carbocycles. The first-order valence-corrected chi connectivity index (χ1v) is 8.76. The van der Waals surface area contributed by atoms with Gasteiger partial charge in [-0.1, -0.05) is 0 Å². The Hall–Kier alpha value is -1.84. The first-order chi connectivity index (χ1) is 10.4. The topological polar surface area (TPSA) is 92.3 Å². The van der Waals surface area contributed by atoms with Crippen LogP contribution in [0.1, 0.15) is 12.8 Å². The number of fused-ring (bicyclic) bond motifs is 1. The van der Waals surface area contributed by atoms with Crippen LogP contribution in [0.3, 0.4) is 0 Å². The predicted molar refractivity (Wildman–Crippen MR) is 78.3 cm³/mol. The number of nitrogens with one attached hydrogen (secondary N) is 2. The van der Waals surface area contributed by atoms with E-state index in [0.717, 1.165) is 6.07 Å². The lowest BCUT2D eigenvalue weighted by molar-refractivity contribution is -0.134. The largest absolute Gasteiger partial charge is 0.295 e. The normalized spacial score (nSPS) is 19.4. The molecule has 6 nitrogen and oxygen atoms in total. The zero-order chi connectivity index (χ0) is 15.9. The molecule has 1 aromatic heterocycles. The lowest BCUT2D eigenvalue weighted by atomic mass is 10.1. The first kappa shape index (κ1) is 15.1. The Labute approximate surface area is 129 Å². The van der Waals surface area contributed by atoms with Gasteiger partial charge in [0.05, 0.1) is 0 Å². The summed E-state index contributed by atoms with van der Waals surface area (Å²) in [6, 6.07) is 2.89. The Balaban J connectivity index is 1.93. The number of halogens is 1. The summed E-state index contributed by atoms with van der Waals surface area (Å²) in [7, 11) is -3.99. The molecule has 22 heavy (non-hydrogen) atoms. The van der Waals surface area contributed by atoms with Crippen molar-refractivity contribution in [1.29, 1.82) is 0 Å². The van der Waals surface area contributed by atoms with Crippen LogP contribution in [0.15, 0.2) is 28.5 Å². The van der Waals surface area contributed by atoms with E-state index in [1.807, 2.05) is 0 Å². The fraction of sp³-hybridized carbons (Fsp3) is 0.231. The van der Waals surface area contributed by atoms with Gasteiger partial charge in [0.15, 0.2) is 0 Å². The molecule has 0 bridgehead atoms. The highest BCUT2D eigenvalue weighted by Crippen LogP contribution is 2.30. The van der Waals surface area contributed by atoms with Gasteiger partial charge in [0.25, 0.3) is 0 Å². The standard InChI is InChI=1S/C13H11FN2O4S2/c14-7-1-3-10-8(5-7)11(6-21-10)22(19,20)16-9-2-4-12(17)15-13(9)18/h1,3,5-6,9,16H,2,4H2,(H,15,17,18)/t9-/m0/s1. The summed E-state index contributed by atoms with van der Waals surface area (Å²) in [6.07, 6.45) is 0.165. The molecule has 0 spiro atoms. The van der Waals surface area contributed by atoms with E-state index >= 15 is 0 Å². The van der Waals surface area contributed by atoms with Gasteiger partial charge in [-0.05, 0) is 24.6 Å². The average Bonchev–Trinajstić information content (AvgIpc) is 2.85. The molecule has 9 heteroatoms. The molecule has 1 saturated heterocycles. The second kappa shape index (κ2) is 5.41. The van der Waals surface area contributed by atoms with Gasteiger partial charge >= 0.3 is 0 Å². The minimum atomic E-state index is -3.99. The van der Waals surface area contributed by atoms with E-state index in [1.54, 1.807) is 0 Å². The molecule has 1 atom stereocenters. The zero-order valence-electron chi connectivity index (χ0n) is 11.1. The molecule has 0 radical (unpaired) electrons. The van der Waals surface area contributed by atoms with Crippen LogP contribution in [0.2, 0.25) is 0 Å². The predicted octanol–water partition coefficient (Wildman–Crippen LogP) is 1.12. The van der Waals surface area contributed by atoms with Crippen molar-refractivity contribution in [3.8, 4) is 0 Å². The minimum absolute atomic E-state index is 0.0674. The molecular formula is C13H11FN2O4S2. The number of imide groups is 1. The van der Waals surface area contributed by atoms with E-state index in [9.17, 15) is 22.4 Å². The maximum Gasteiger partial charge on any atom is 0.244 e. The molecule has 1 fully saturated rings. The van der Waals surface area contributed by atoms with Crippen LogP contribution in [0, 0.1) is 5.82 Å². The van der Waals surface area contributed by atoms with Crippen LogP contribution in [0.4, 0.5) is 4.39 Å². The number of carbonyl (C=O) groups is 2. The lowest BCUT2D eigenvalue weighted by Gasteiger charge is -2.21. The molecule has 3 rings (SSSR count). The Morgan fingerprint density at radius 1 is 1.32 bits per heavy atom. The second-order valence-electron chi connectivity index (χ2n) is 4.87. The van der Waals surface area contributed by atoms with Crippen LogP contribution in [0.5, 0.6) is 0 Å². The third-order valence-electron chi connectivity index (χ3n) is 3.33. The highest BCUT2D eigenvalue weighted by Gasteiger charge is 2.31. The van der Waals surface area contributed by atoms with Crippen molar-refractivity contribution in [2.24, 2.45) is 0 Å². The third kappa shape index (κ3) is 2.74. The van der Waals surface area contributed by atoms with Crippen LogP contribution >= 0.6 is 11.3 Å². The fourth-order valence-corrected chi connectivity index (χ4v) is 4.95. The highest BCUT2D eigenvalue weighted by molar-refractivity contribution is 7.90. The average molecular weight is 342 g/mol. The summed E-state index contributed by atoms with van der Waals surface area (Å²) in [4.78, 5) is 22.7. The van der Waals surface area contributed by atoms with Gasteiger partial charge in [-0.25, -0.2) is 12.8 Å². The van der Waals surface area contributed by atoms with Crippen LogP contribution in [-0.2, 0) is 19.6 Å². The third-order valence-corrected chi connectivity index (χ3v) is 5.95. The molecule has 0 saturated carbocycles. The van der Waals surface area contributed by atoms with E-state index in [2.05, 4.69) is 10.0 Å². The van der Waals surface area contributed by atoms with Gasteiger partial charge in [-0.3, -0.25) is 14.9 Å². The number of amides is 2. The molecule has 116 valence electrons. The summed E-state index contributed by atoms with van der Waals surface area (Å²) in [6.45, 7) is 0. The molecule has 2 N–H and O–H groups in total. The SMILES string of the molecule is O=C1CC[C@H](NS(=O)(=O)c2csc3ccc(F)cc23)C(=O)N1. The summed E-state index contributed by atoms with van der Waals surface area (Å²) >= 11 is 1.17. The van der Waals surface area contributed by atoms with Gasteiger partial charge in [0.2, 0.25) is 21.8 Å². The van der Waals surface area contributed by atoms with E-state index in [-0.39, 0.29) is 23.1 Å². The van der Waals surface area contributed by atoms with Crippen molar-refractivity contribution in [1.82, 2.24) is 10.0 Å². The van der Waals surface area contributed by atoms with Gasteiger partial charge in [-0.15, -0.1) is 11.3 Å². The summed E-state index contributed by atoms with van der Waals surface area (Å²) in [5.41, 5.74) is 0. The quantitative estimate of drug-likeness (QED) is 0.818. The van der Waals surface area contributed by atoms with Crippen molar-refractivity contribution in [3.63, 3.8) is 0 Å². The number of piperidine rings is 1. The van der Waals surface area contributed by atoms with Crippen LogP contribution in [0.25, 0.3) is 10.1 Å². The molecule has 2 heterocycles. The Kier molecular flexibility index (Phi) is 3.71. The summed E-state index contributed by atoms with van der Waals surface area (Å²) < 4.78 is 41.1. The zero-order valence-corrected chi connectivity index (χ0v) is 12.8. The minimum Gasteiger partial charge on any atom is -0.295 e. The number of hydrogen-bond acceptors (Lipinski definition) is 5. The molecule has 1 aliphatic rings. The number of sulfonamides is 1. The van der Waals surface area contributed by atoms with E-state index in [4.69, 9.17) is 0 Å². The maximum atomic E-state index is 13.3. The monoisotopic (exact) mass is 342 g/mol. The van der Waals surface area contributed by atoms with Crippen molar-refractivity contribution in [2.45, 2.75) is 23.8 Å². The highest BCUT2D eigenvalue weighted by atomic mass is 32.2. The Morgan fingerprint density at radius 3 is 2.82 bits per heavy atom. The van der Waals surface area contributed by atoms with E-state index < -0.39 is 33.7 Å². The van der Waals surface area contributed by atoms with Crippen molar-refractivity contribution in [3.05, 3.63) is 29.4 Å². The molecule has 2 aromatic rings. The second-order valence-corrected chi connectivity index (χ2v) is 7.46. The molecule has 1 aliphatic heterocycles. The molecule has 0 aliphatic carbocycles. The van der Waals surface area contributed by atoms with E-state index in [1.165, 1.54) is 28.8 Å². The van der Waals surface area contributed by atoms with Crippen LogP contribution < -0.4 is 10.0 Å². The van der Waals surface area contributed by atoms with Gasteiger partial charge < -0.3 is 0 Å². The molecule has 2 amide bonds. The van der Waals surface area contributed by atoms with Gasteiger partial charge in [0.1, 0.15) is 16.8 Å². The molecular weight excluding hydrogens is 331 g/mol. The summed E-state index contributed by atoms with van der Waals surface area (Å²) in [5, 5.41) is 3.75. The maximum absolute atomic E-state index is 13.3. The number of rotatable bonds is 3. The van der Waals surface area contributed by atoms with E-state index in [0.29, 0.717) is 4.70 Å². The number of benzene rings is 1. The summed E-state index contributed by atoms with van der Waals surface area (Å²) in [5.74, 6) is -1.64. The van der Waals surface area contributed by atoms with Crippen molar-refractivity contribution < 1.29 is 22.4 Å².